The molecule has 104 valence electrons. The van der Waals surface area contributed by atoms with Crippen LogP contribution < -0.4 is 5.32 Å². The summed E-state index contributed by atoms with van der Waals surface area (Å²) in [6, 6.07) is 10.3. The highest BCUT2D eigenvalue weighted by molar-refractivity contribution is 5.59. The highest BCUT2D eigenvalue weighted by Crippen LogP contribution is 2.26. The van der Waals surface area contributed by atoms with E-state index in [1.165, 1.54) is 0 Å². The summed E-state index contributed by atoms with van der Waals surface area (Å²) in [5.74, 6) is 0.233. The number of hydrogen-bond donors (Lipinski definition) is 2. The summed E-state index contributed by atoms with van der Waals surface area (Å²) >= 11 is 0. The van der Waals surface area contributed by atoms with E-state index < -0.39 is 0 Å². The highest BCUT2D eigenvalue weighted by Gasteiger charge is 2.12. The van der Waals surface area contributed by atoms with E-state index in [-0.39, 0.29) is 16.4 Å². The molecule has 2 aromatic rings. The molecule has 0 aliphatic carbocycles. The summed E-state index contributed by atoms with van der Waals surface area (Å²) in [7, 11) is 0. The van der Waals surface area contributed by atoms with Crippen molar-refractivity contribution in [3.63, 3.8) is 0 Å². The molecule has 20 heavy (non-hydrogen) atoms. The van der Waals surface area contributed by atoms with Gasteiger partial charge in [-0.15, -0.1) is 0 Å². The van der Waals surface area contributed by atoms with Crippen LogP contribution in [-0.2, 0) is 6.54 Å². The number of phenolic OH excluding ortho intramolecular Hbond substituents is 1. The molecule has 0 fully saturated rings. The number of aromatic hydroxyl groups is 1. The zero-order valence-corrected chi connectivity index (χ0v) is 11.4. The first-order valence-electron chi connectivity index (χ1n) is 6.25. The molecule has 0 aromatic heterocycles. The molecule has 2 aromatic carbocycles. The minimum Gasteiger partial charge on any atom is -0.508 e. The fraction of sp³-hybridized carbons (Fsp3) is 0.200. The Morgan fingerprint density at radius 1 is 1.15 bits per heavy atom. The lowest BCUT2D eigenvalue weighted by molar-refractivity contribution is -0.385. The van der Waals surface area contributed by atoms with E-state index in [2.05, 4.69) is 5.32 Å². The van der Waals surface area contributed by atoms with Gasteiger partial charge in [0, 0.05) is 23.9 Å². The van der Waals surface area contributed by atoms with Crippen molar-refractivity contribution in [2.75, 3.05) is 5.32 Å². The third-order valence-corrected chi connectivity index (χ3v) is 3.16. The van der Waals surface area contributed by atoms with Gasteiger partial charge in [0.25, 0.3) is 5.69 Å². The average Bonchev–Trinajstić information content (AvgIpc) is 2.41. The Morgan fingerprint density at radius 3 is 2.40 bits per heavy atom. The molecule has 2 N–H and O–H groups in total. The first-order chi connectivity index (χ1) is 9.47. The van der Waals surface area contributed by atoms with Crippen LogP contribution in [0.15, 0.2) is 36.4 Å². The summed E-state index contributed by atoms with van der Waals surface area (Å²) < 4.78 is 0. The van der Waals surface area contributed by atoms with Gasteiger partial charge in [0.05, 0.1) is 4.92 Å². The molecule has 0 atom stereocenters. The van der Waals surface area contributed by atoms with E-state index >= 15 is 0 Å². The average molecular weight is 272 g/mol. The number of nitro groups is 1. The van der Waals surface area contributed by atoms with Crippen LogP contribution in [0.5, 0.6) is 5.75 Å². The zero-order valence-electron chi connectivity index (χ0n) is 11.4. The monoisotopic (exact) mass is 272 g/mol. The molecule has 0 unspecified atom stereocenters. The Morgan fingerprint density at radius 2 is 1.80 bits per heavy atom. The second-order valence-corrected chi connectivity index (χ2v) is 4.73. The van der Waals surface area contributed by atoms with Crippen molar-refractivity contribution in [3.05, 3.63) is 63.2 Å². The number of benzene rings is 2. The maximum atomic E-state index is 10.9. The van der Waals surface area contributed by atoms with Gasteiger partial charge in [0.1, 0.15) is 5.75 Å². The number of hydrogen-bond acceptors (Lipinski definition) is 4. The quantitative estimate of drug-likeness (QED) is 0.659. The minimum absolute atomic E-state index is 0.137. The Kier molecular flexibility index (Phi) is 3.89. The highest BCUT2D eigenvalue weighted by atomic mass is 16.6. The number of rotatable bonds is 4. The normalized spacial score (nSPS) is 10.3. The Bertz CT molecular complexity index is 636. The van der Waals surface area contributed by atoms with Crippen LogP contribution in [0.2, 0.25) is 0 Å². The molecule has 5 heteroatoms. The lowest BCUT2D eigenvalue weighted by atomic mass is 10.1. The van der Waals surface area contributed by atoms with E-state index in [1.807, 2.05) is 19.1 Å². The number of phenols is 1. The first-order valence-corrected chi connectivity index (χ1v) is 6.25. The van der Waals surface area contributed by atoms with Gasteiger partial charge < -0.3 is 10.4 Å². The molecule has 0 heterocycles. The molecule has 0 amide bonds. The smallest absolute Gasteiger partial charge is 0.272 e. The van der Waals surface area contributed by atoms with E-state index in [0.29, 0.717) is 12.1 Å². The van der Waals surface area contributed by atoms with Crippen LogP contribution in [0.25, 0.3) is 0 Å². The van der Waals surface area contributed by atoms with Gasteiger partial charge in [-0.25, -0.2) is 0 Å². The molecule has 2 rings (SSSR count). The summed E-state index contributed by atoms with van der Waals surface area (Å²) in [4.78, 5) is 10.5. The summed E-state index contributed by atoms with van der Waals surface area (Å²) in [5, 5.41) is 23.3. The SMILES string of the molecule is Cc1cc([N+](=O)[O-])c(C)cc1NCc1ccc(O)cc1. The van der Waals surface area contributed by atoms with Gasteiger partial charge in [0.2, 0.25) is 0 Å². The van der Waals surface area contributed by atoms with Crippen molar-refractivity contribution in [2.24, 2.45) is 0 Å². The molecule has 0 aliphatic rings. The number of nitro benzene ring substituents is 1. The standard InChI is InChI=1S/C15H16N2O3/c1-10-8-15(17(19)20)11(2)7-14(10)16-9-12-3-5-13(18)6-4-12/h3-8,16,18H,9H2,1-2H3. The fourth-order valence-electron chi connectivity index (χ4n) is 2.00. The molecule has 0 bridgehead atoms. The van der Waals surface area contributed by atoms with Crippen molar-refractivity contribution in [2.45, 2.75) is 20.4 Å². The Hall–Kier alpha value is -2.56. The number of nitrogens with one attached hydrogen (secondary N) is 1. The molecule has 0 spiro atoms. The minimum atomic E-state index is -0.369. The van der Waals surface area contributed by atoms with E-state index in [0.717, 1.165) is 16.8 Å². The van der Waals surface area contributed by atoms with Gasteiger partial charge in [-0.3, -0.25) is 10.1 Å². The molecular weight excluding hydrogens is 256 g/mol. The predicted molar refractivity (Wildman–Crippen MR) is 78.0 cm³/mol. The van der Waals surface area contributed by atoms with Gasteiger partial charge in [-0.05, 0) is 43.2 Å². The van der Waals surface area contributed by atoms with Crippen molar-refractivity contribution in [1.29, 1.82) is 0 Å². The number of anilines is 1. The number of nitrogens with zero attached hydrogens (tertiary/aromatic N) is 1. The molecule has 0 radical (unpaired) electrons. The van der Waals surface area contributed by atoms with Crippen molar-refractivity contribution in [3.8, 4) is 5.75 Å². The van der Waals surface area contributed by atoms with Crippen LogP contribution in [0.1, 0.15) is 16.7 Å². The maximum Gasteiger partial charge on any atom is 0.272 e. The summed E-state index contributed by atoms with van der Waals surface area (Å²) in [6.07, 6.45) is 0. The molecule has 0 aliphatic heterocycles. The zero-order chi connectivity index (χ0) is 14.7. The maximum absolute atomic E-state index is 10.9. The van der Waals surface area contributed by atoms with Gasteiger partial charge in [-0.2, -0.15) is 0 Å². The van der Waals surface area contributed by atoms with Crippen LogP contribution in [-0.4, -0.2) is 10.0 Å². The van der Waals surface area contributed by atoms with Crippen LogP contribution in [0.4, 0.5) is 11.4 Å². The molecular formula is C15H16N2O3. The van der Waals surface area contributed by atoms with Gasteiger partial charge in [-0.1, -0.05) is 12.1 Å². The first kappa shape index (κ1) is 13.9. The lowest BCUT2D eigenvalue weighted by Gasteiger charge is -2.11. The third-order valence-electron chi connectivity index (χ3n) is 3.16. The van der Waals surface area contributed by atoms with Gasteiger partial charge in [0.15, 0.2) is 0 Å². The largest absolute Gasteiger partial charge is 0.508 e. The van der Waals surface area contributed by atoms with Crippen molar-refractivity contribution in [1.82, 2.24) is 0 Å². The van der Waals surface area contributed by atoms with E-state index in [4.69, 9.17) is 0 Å². The second-order valence-electron chi connectivity index (χ2n) is 4.73. The summed E-state index contributed by atoms with van der Waals surface area (Å²) in [5.41, 5.74) is 3.51. The third kappa shape index (κ3) is 3.06. The van der Waals surface area contributed by atoms with Crippen LogP contribution in [0, 0.1) is 24.0 Å². The lowest BCUT2D eigenvalue weighted by Crippen LogP contribution is -2.02. The molecule has 0 saturated carbocycles. The van der Waals surface area contributed by atoms with E-state index in [9.17, 15) is 15.2 Å². The topological polar surface area (TPSA) is 75.4 Å². The Balaban J connectivity index is 2.16. The second kappa shape index (κ2) is 5.61. The van der Waals surface area contributed by atoms with Crippen LogP contribution in [0.3, 0.4) is 0 Å². The fourth-order valence-corrected chi connectivity index (χ4v) is 2.00. The number of aryl methyl sites for hydroxylation is 2. The van der Waals surface area contributed by atoms with E-state index in [1.54, 1.807) is 31.2 Å². The summed E-state index contributed by atoms with van der Waals surface area (Å²) in [6.45, 7) is 4.16. The van der Waals surface area contributed by atoms with Crippen LogP contribution >= 0.6 is 0 Å². The molecule has 0 saturated heterocycles. The Labute approximate surface area is 117 Å². The van der Waals surface area contributed by atoms with Gasteiger partial charge >= 0.3 is 0 Å². The van der Waals surface area contributed by atoms with Crippen molar-refractivity contribution >= 4 is 11.4 Å². The predicted octanol–water partition coefficient (Wildman–Crippen LogP) is 3.53. The molecule has 5 nitrogen and oxygen atoms in total. The van der Waals surface area contributed by atoms with Crippen molar-refractivity contribution < 1.29 is 10.0 Å².